The van der Waals surface area contributed by atoms with Gasteiger partial charge in [0.1, 0.15) is 6.10 Å². The van der Waals surface area contributed by atoms with E-state index in [1.165, 1.54) is 5.56 Å². The molecular formula is C24H26N2O3. The normalized spacial score (nSPS) is 16.2. The molecule has 1 unspecified atom stereocenters. The number of rotatable bonds is 6. The van der Waals surface area contributed by atoms with Crippen molar-refractivity contribution in [2.24, 2.45) is 0 Å². The Morgan fingerprint density at radius 2 is 2.00 bits per heavy atom. The summed E-state index contributed by atoms with van der Waals surface area (Å²) in [5.41, 5.74) is 3.56. The topological polar surface area (TPSA) is 62.4 Å². The van der Waals surface area contributed by atoms with Crippen LogP contribution in [0.2, 0.25) is 0 Å². The second-order valence-electron chi connectivity index (χ2n) is 7.71. The number of H-pyrrole nitrogens is 1. The molecule has 1 saturated heterocycles. The number of hydrogen-bond donors (Lipinski definition) is 1. The monoisotopic (exact) mass is 390 g/mol. The highest BCUT2D eigenvalue weighted by atomic mass is 16.5. The lowest BCUT2D eigenvalue weighted by atomic mass is 10.1. The number of carbonyl (C=O) groups is 1. The van der Waals surface area contributed by atoms with E-state index in [1.54, 1.807) is 4.90 Å². The van der Waals surface area contributed by atoms with Crippen molar-refractivity contribution in [2.75, 3.05) is 13.2 Å². The predicted octanol–water partition coefficient (Wildman–Crippen LogP) is 3.59. The van der Waals surface area contributed by atoms with Gasteiger partial charge in [0, 0.05) is 24.2 Å². The maximum atomic E-state index is 13.1. The number of amides is 1. The number of pyridine rings is 1. The molecule has 1 atom stereocenters. The molecule has 150 valence electrons. The third kappa shape index (κ3) is 4.57. The van der Waals surface area contributed by atoms with E-state index in [0.717, 1.165) is 35.7 Å². The van der Waals surface area contributed by atoms with Crippen molar-refractivity contribution in [3.05, 3.63) is 81.6 Å². The molecule has 5 nitrogen and oxygen atoms in total. The average molecular weight is 390 g/mol. The van der Waals surface area contributed by atoms with Crippen LogP contribution in [0.15, 0.2) is 59.4 Å². The van der Waals surface area contributed by atoms with Gasteiger partial charge in [-0.3, -0.25) is 9.59 Å². The second-order valence-corrected chi connectivity index (χ2v) is 7.71. The van der Waals surface area contributed by atoms with Crippen LogP contribution in [0.3, 0.4) is 0 Å². The molecule has 2 aromatic carbocycles. The number of benzene rings is 2. The van der Waals surface area contributed by atoms with Crippen LogP contribution >= 0.6 is 0 Å². The van der Waals surface area contributed by atoms with Crippen LogP contribution in [0.1, 0.15) is 29.5 Å². The number of hydrogen-bond acceptors (Lipinski definition) is 3. The van der Waals surface area contributed by atoms with Crippen molar-refractivity contribution in [1.29, 1.82) is 0 Å². The van der Waals surface area contributed by atoms with Crippen molar-refractivity contribution in [3.63, 3.8) is 0 Å². The number of ether oxygens (including phenoxy) is 1. The number of aryl methyl sites for hydroxylation is 1. The predicted molar refractivity (Wildman–Crippen MR) is 114 cm³/mol. The van der Waals surface area contributed by atoms with Gasteiger partial charge in [0.2, 0.25) is 0 Å². The Labute approximate surface area is 170 Å². The third-order valence-electron chi connectivity index (χ3n) is 5.47. The molecule has 4 rings (SSSR count). The zero-order valence-electron chi connectivity index (χ0n) is 16.7. The molecule has 1 amide bonds. The largest absolute Gasteiger partial charge is 0.368 e. The summed E-state index contributed by atoms with van der Waals surface area (Å²) in [5.74, 6) is -0.0258. The number of nitrogens with one attached hydrogen (secondary N) is 1. The molecule has 0 spiro atoms. The Kier molecular flexibility index (Phi) is 5.76. The minimum atomic E-state index is -0.396. The van der Waals surface area contributed by atoms with Gasteiger partial charge in [-0.1, -0.05) is 42.0 Å². The smallest absolute Gasteiger partial charge is 0.253 e. The van der Waals surface area contributed by atoms with Crippen molar-refractivity contribution in [2.45, 2.75) is 38.8 Å². The molecule has 29 heavy (non-hydrogen) atoms. The third-order valence-corrected chi connectivity index (χ3v) is 5.47. The molecule has 2 heterocycles. The van der Waals surface area contributed by atoms with Gasteiger partial charge in [-0.25, -0.2) is 0 Å². The first-order valence-corrected chi connectivity index (χ1v) is 10.2. The number of aromatic amines is 1. The minimum absolute atomic E-state index is 0.0258. The molecule has 0 bridgehead atoms. The van der Waals surface area contributed by atoms with Crippen LogP contribution in [0.4, 0.5) is 0 Å². The SMILES string of the molecule is Cc1ccc2[nH]c(=O)c(CN(CCc3ccccc3)C(=O)C3CCCO3)cc2c1. The van der Waals surface area contributed by atoms with E-state index in [-0.39, 0.29) is 18.0 Å². The van der Waals surface area contributed by atoms with Gasteiger partial charge < -0.3 is 14.6 Å². The molecule has 1 N–H and O–H groups in total. The quantitative estimate of drug-likeness (QED) is 0.700. The molecule has 1 fully saturated rings. The highest BCUT2D eigenvalue weighted by molar-refractivity contribution is 5.82. The van der Waals surface area contributed by atoms with Gasteiger partial charge in [-0.15, -0.1) is 0 Å². The minimum Gasteiger partial charge on any atom is -0.368 e. The lowest BCUT2D eigenvalue weighted by Crippen LogP contribution is -2.40. The molecule has 1 aliphatic rings. The average Bonchev–Trinajstić information content (AvgIpc) is 3.27. The molecule has 0 saturated carbocycles. The van der Waals surface area contributed by atoms with Crippen molar-refractivity contribution < 1.29 is 9.53 Å². The summed E-state index contributed by atoms with van der Waals surface area (Å²) in [6, 6.07) is 17.9. The van der Waals surface area contributed by atoms with Gasteiger partial charge >= 0.3 is 0 Å². The van der Waals surface area contributed by atoms with Crippen LogP contribution in [0.5, 0.6) is 0 Å². The fourth-order valence-electron chi connectivity index (χ4n) is 3.85. The fraction of sp³-hybridized carbons (Fsp3) is 0.333. The Morgan fingerprint density at radius 3 is 2.76 bits per heavy atom. The van der Waals surface area contributed by atoms with E-state index in [1.807, 2.05) is 49.4 Å². The molecule has 5 heteroatoms. The van der Waals surface area contributed by atoms with Crippen LogP contribution < -0.4 is 5.56 Å². The van der Waals surface area contributed by atoms with Crippen molar-refractivity contribution >= 4 is 16.8 Å². The fourth-order valence-corrected chi connectivity index (χ4v) is 3.85. The van der Waals surface area contributed by atoms with Crippen LogP contribution in [-0.4, -0.2) is 35.0 Å². The van der Waals surface area contributed by atoms with Crippen LogP contribution in [-0.2, 0) is 22.5 Å². The summed E-state index contributed by atoms with van der Waals surface area (Å²) in [6.45, 7) is 3.48. The molecule has 0 aliphatic carbocycles. The molecule has 0 radical (unpaired) electrons. The van der Waals surface area contributed by atoms with E-state index in [4.69, 9.17) is 4.74 Å². The number of fused-ring (bicyclic) bond motifs is 1. The molecule has 1 aliphatic heterocycles. The Balaban J connectivity index is 1.60. The first-order valence-electron chi connectivity index (χ1n) is 10.2. The second kappa shape index (κ2) is 8.62. The summed E-state index contributed by atoms with van der Waals surface area (Å²) in [5, 5.41) is 0.979. The summed E-state index contributed by atoms with van der Waals surface area (Å²) in [6.07, 6.45) is 1.99. The van der Waals surface area contributed by atoms with Crippen molar-refractivity contribution in [1.82, 2.24) is 9.88 Å². The van der Waals surface area contributed by atoms with Gasteiger partial charge in [0.15, 0.2) is 0 Å². The summed E-state index contributed by atoms with van der Waals surface area (Å²) in [4.78, 5) is 30.5. The van der Waals surface area contributed by atoms with E-state index >= 15 is 0 Å². The van der Waals surface area contributed by atoms with E-state index in [2.05, 4.69) is 17.1 Å². The van der Waals surface area contributed by atoms with Crippen LogP contribution in [0, 0.1) is 6.92 Å². The van der Waals surface area contributed by atoms with E-state index < -0.39 is 6.10 Å². The highest BCUT2D eigenvalue weighted by Gasteiger charge is 2.28. The first-order chi connectivity index (χ1) is 14.1. The summed E-state index contributed by atoms with van der Waals surface area (Å²) >= 11 is 0. The number of aromatic nitrogens is 1. The Hall–Kier alpha value is -2.92. The van der Waals surface area contributed by atoms with Gasteiger partial charge in [-0.2, -0.15) is 0 Å². The molecule has 1 aromatic heterocycles. The maximum absolute atomic E-state index is 13.1. The van der Waals surface area contributed by atoms with E-state index in [9.17, 15) is 9.59 Å². The van der Waals surface area contributed by atoms with Gasteiger partial charge in [-0.05, 0) is 55.3 Å². The zero-order chi connectivity index (χ0) is 20.2. The summed E-state index contributed by atoms with van der Waals surface area (Å²) in [7, 11) is 0. The zero-order valence-corrected chi connectivity index (χ0v) is 16.7. The van der Waals surface area contributed by atoms with Gasteiger partial charge in [0.05, 0.1) is 6.54 Å². The number of carbonyl (C=O) groups excluding carboxylic acids is 1. The van der Waals surface area contributed by atoms with Crippen LogP contribution in [0.25, 0.3) is 10.9 Å². The van der Waals surface area contributed by atoms with Crippen molar-refractivity contribution in [3.8, 4) is 0 Å². The first kappa shape index (κ1) is 19.4. The summed E-state index contributed by atoms with van der Waals surface area (Å²) < 4.78 is 5.62. The lowest BCUT2D eigenvalue weighted by molar-refractivity contribution is -0.141. The Morgan fingerprint density at radius 1 is 1.17 bits per heavy atom. The highest BCUT2D eigenvalue weighted by Crippen LogP contribution is 2.18. The van der Waals surface area contributed by atoms with Gasteiger partial charge in [0.25, 0.3) is 11.5 Å². The number of nitrogens with zero attached hydrogens (tertiary/aromatic N) is 1. The maximum Gasteiger partial charge on any atom is 0.253 e. The Bertz CT molecular complexity index is 1050. The lowest BCUT2D eigenvalue weighted by Gasteiger charge is -2.25. The molecule has 3 aromatic rings. The van der Waals surface area contributed by atoms with E-state index in [0.29, 0.717) is 18.7 Å². The molecular weight excluding hydrogens is 364 g/mol. The standard InChI is InChI=1S/C24H26N2O3/c1-17-9-10-21-19(14-17)15-20(23(27)25-21)16-26(24(28)22-8-5-13-29-22)12-11-18-6-3-2-4-7-18/h2-4,6-7,9-10,14-15,22H,5,8,11-13,16H2,1H3,(H,25,27).